The van der Waals surface area contributed by atoms with Crippen molar-refractivity contribution >= 4 is 0 Å². The van der Waals surface area contributed by atoms with Crippen molar-refractivity contribution in [1.29, 1.82) is 0 Å². The number of aliphatic hydroxyl groups is 1. The largest absolute Gasteiger partial charge is 0.390 e. The second-order valence-electron chi connectivity index (χ2n) is 7.03. The van der Waals surface area contributed by atoms with Crippen LogP contribution in [0.4, 0.5) is 0 Å². The van der Waals surface area contributed by atoms with Gasteiger partial charge in [0.1, 0.15) is 5.82 Å². The molecule has 0 fully saturated rings. The highest BCUT2D eigenvalue weighted by atomic mass is 16.3. The number of hydrogen-bond donors (Lipinski definition) is 2. The van der Waals surface area contributed by atoms with Crippen LogP contribution in [0, 0.1) is 6.92 Å². The number of nitrogens with one attached hydrogen (secondary N) is 1. The SMILES string of the molecule is Cc1nc(C(C)CNCCCc2ccccc2)n(-c2ccccc2)c1CO. The average molecular weight is 364 g/mol. The Hall–Kier alpha value is -2.43. The lowest BCUT2D eigenvalue weighted by Gasteiger charge is -2.16. The zero-order chi connectivity index (χ0) is 19.1. The maximum absolute atomic E-state index is 9.83. The summed E-state index contributed by atoms with van der Waals surface area (Å²) in [6.45, 7) is 5.99. The smallest absolute Gasteiger partial charge is 0.117 e. The number of imidazole rings is 1. The van der Waals surface area contributed by atoms with Crippen LogP contribution >= 0.6 is 0 Å². The Bertz CT molecular complexity index is 828. The number of benzene rings is 2. The van der Waals surface area contributed by atoms with Crippen molar-refractivity contribution in [3.63, 3.8) is 0 Å². The molecule has 4 nitrogen and oxygen atoms in total. The van der Waals surface area contributed by atoms with E-state index in [0.717, 1.165) is 48.8 Å². The van der Waals surface area contributed by atoms with Crippen molar-refractivity contribution in [3.8, 4) is 5.69 Å². The molecule has 0 saturated carbocycles. The van der Waals surface area contributed by atoms with Gasteiger partial charge in [-0.25, -0.2) is 4.98 Å². The third-order valence-electron chi connectivity index (χ3n) is 4.92. The molecule has 1 atom stereocenters. The van der Waals surface area contributed by atoms with Gasteiger partial charge in [-0.15, -0.1) is 0 Å². The first kappa shape index (κ1) is 19.3. The number of aryl methyl sites for hydroxylation is 2. The normalized spacial score (nSPS) is 12.3. The van der Waals surface area contributed by atoms with Gasteiger partial charge in [0.25, 0.3) is 0 Å². The Labute approximate surface area is 161 Å². The van der Waals surface area contributed by atoms with E-state index in [1.54, 1.807) is 0 Å². The van der Waals surface area contributed by atoms with Crippen molar-refractivity contribution in [2.45, 2.75) is 39.2 Å². The van der Waals surface area contributed by atoms with Crippen LogP contribution in [0.5, 0.6) is 0 Å². The highest BCUT2D eigenvalue weighted by molar-refractivity contribution is 5.38. The first-order chi connectivity index (χ1) is 13.2. The minimum atomic E-state index is -0.00898. The molecule has 1 aromatic heterocycles. The molecular weight excluding hydrogens is 334 g/mol. The molecule has 0 saturated heterocycles. The molecule has 1 unspecified atom stereocenters. The van der Waals surface area contributed by atoms with Gasteiger partial charge in [0.2, 0.25) is 0 Å². The van der Waals surface area contributed by atoms with Crippen molar-refractivity contribution in [1.82, 2.24) is 14.9 Å². The molecule has 3 rings (SSSR count). The number of nitrogens with zero attached hydrogens (tertiary/aromatic N) is 2. The van der Waals surface area contributed by atoms with Crippen molar-refractivity contribution in [2.75, 3.05) is 13.1 Å². The maximum atomic E-state index is 9.83. The lowest BCUT2D eigenvalue weighted by molar-refractivity contribution is 0.273. The third-order valence-corrected chi connectivity index (χ3v) is 4.92. The molecule has 4 heteroatoms. The lowest BCUT2D eigenvalue weighted by atomic mass is 10.1. The Morgan fingerprint density at radius 2 is 1.70 bits per heavy atom. The van der Waals surface area contributed by atoms with Gasteiger partial charge >= 0.3 is 0 Å². The molecule has 0 aliphatic rings. The molecular formula is C23H29N3O. The summed E-state index contributed by atoms with van der Waals surface area (Å²) < 4.78 is 2.10. The Morgan fingerprint density at radius 1 is 1.04 bits per heavy atom. The molecule has 0 bridgehead atoms. The highest BCUT2D eigenvalue weighted by Gasteiger charge is 2.19. The Morgan fingerprint density at radius 3 is 2.37 bits per heavy atom. The van der Waals surface area contributed by atoms with Gasteiger partial charge in [0, 0.05) is 18.2 Å². The summed E-state index contributed by atoms with van der Waals surface area (Å²) in [7, 11) is 0. The maximum Gasteiger partial charge on any atom is 0.117 e. The van der Waals surface area contributed by atoms with Crippen LogP contribution in [0.25, 0.3) is 5.69 Å². The van der Waals surface area contributed by atoms with Crippen LogP contribution in [0.2, 0.25) is 0 Å². The number of aromatic nitrogens is 2. The van der Waals surface area contributed by atoms with Gasteiger partial charge in [-0.05, 0) is 44.0 Å². The van der Waals surface area contributed by atoms with E-state index in [1.807, 2.05) is 25.1 Å². The van der Waals surface area contributed by atoms with Crippen molar-refractivity contribution in [3.05, 3.63) is 83.4 Å². The summed E-state index contributed by atoms with van der Waals surface area (Å²) in [6.07, 6.45) is 2.21. The highest BCUT2D eigenvalue weighted by Crippen LogP contribution is 2.23. The minimum absolute atomic E-state index is 0.00898. The van der Waals surface area contributed by atoms with Crippen molar-refractivity contribution < 1.29 is 5.11 Å². The van der Waals surface area contributed by atoms with Crippen LogP contribution in [0.15, 0.2) is 60.7 Å². The number of hydrogen-bond acceptors (Lipinski definition) is 3. The average Bonchev–Trinajstić information content (AvgIpc) is 3.05. The molecule has 2 N–H and O–H groups in total. The number of aliphatic hydroxyl groups excluding tert-OH is 1. The van der Waals surface area contributed by atoms with Gasteiger partial charge in [0.05, 0.1) is 18.0 Å². The van der Waals surface area contributed by atoms with E-state index in [9.17, 15) is 5.11 Å². The Balaban J connectivity index is 1.62. The second-order valence-corrected chi connectivity index (χ2v) is 7.03. The zero-order valence-corrected chi connectivity index (χ0v) is 16.2. The summed E-state index contributed by atoms with van der Waals surface area (Å²) in [5.74, 6) is 1.25. The lowest BCUT2D eigenvalue weighted by Crippen LogP contribution is -2.23. The van der Waals surface area contributed by atoms with Crippen molar-refractivity contribution in [2.24, 2.45) is 0 Å². The van der Waals surface area contributed by atoms with E-state index in [4.69, 9.17) is 4.98 Å². The van der Waals surface area contributed by atoms with Gasteiger partial charge in [-0.1, -0.05) is 55.5 Å². The van der Waals surface area contributed by atoms with Crippen LogP contribution in [0.3, 0.4) is 0 Å². The fourth-order valence-corrected chi connectivity index (χ4v) is 3.44. The number of para-hydroxylation sites is 1. The summed E-state index contributed by atoms with van der Waals surface area (Å²) in [4.78, 5) is 4.77. The summed E-state index contributed by atoms with van der Waals surface area (Å²) in [5.41, 5.74) is 4.20. The predicted octanol–water partition coefficient (Wildman–Crippen LogP) is 4.00. The molecule has 0 aliphatic carbocycles. The molecule has 0 radical (unpaired) electrons. The molecule has 142 valence electrons. The monoisotopic (exact) mass is 363 g/mol. The quantitative estimate of drug-likeness (QED) is 0.565. The second kappa shape index (κ2) is 9.49. The summed E-state index contributed by atoms with van der Waals surface area (Å²) >= 11 is 0. The van der Waals surface area contributed by atoms with E-state index in [2.05, 4.69) is 59.3 Å². The van der Waals surface area contributed by atoms with Crippen LogP contribution in [-0.4, -0.2) is 27.7 Å². The number of rotatable bonds is 9. The summed E-state index contributed by atoms with van der Waals surface area (Å²) in [6, 6.07) is 20.8. The minimum Gasteiger partial charge on any atom is -0.390 e. The first-order valence-corrected chi connectivity index (χ1v) is 9.69. The third kappa shape index (κ3) is 4.85. The molecule has 0 spiro atoms. The van der Waals surface area contributed by atoms with Crippen LogP contribution in [-0.2, 0) is 13.0 Å². The zero-order valence-electron chi connectivity index (χ0n) is 16.2. The molecule has 27 heavy (non-hydrogen) atoms. The fourth-order valence-electron chi connectivity index (χ4n) is 3.44. The van der Waals surface area contributed by atoms with Gasteiger partial charge in [0.15, 0.2) is 0 Å². The van der Waals surface area contributed by atoms with E-state index in [0.29, 0.717) is 0 Å². The molecule has 1 heterocycles. The van der Waals surface area contributed by atoms with E-state index in [-0.39, 0.29) is 12.5 Å². The first-order valence-electron chi connectivity index (χ1n) is 9.69. The Kier molecular flexibility index (Phi) is 6.80. The van der Waals surface area contributed by atoms with Gasteiger partial charge < -0.3 is 10.4 Å². The van der Waals surface area contributed by atoms with Crippen LogP contribution < -0.4 is 5.32 Å². The standard InChI is InChI=1S/C23H29N3O/c1-18(16-24-15-9-12-20-10-5-3-6-11-20)23-25-19(2)22(17-27)26(23)21-13-7-4-8-14-21/h3-8,10-11,13-14,18,24,27H,9,12,15-17H2,1-2H3. The van der Waals surface area contributed by atoms with Crippen LogP contribution in [0.1, 0.15) is 42.0 Å². The molecule has 3 aromatic rings. The van der Waals surface area contributed by atoms with Gasteiger partial charge in [-0.3, -0.25) is 4.57 Å². The molecule has 0 amide bonds. The topological polar surface area (TPSA) is 50.1 Å². The molecule has 0 aliphatic heterocycles. The van der Waals surface area contributed by atoms with E-state index < -0.39 is 0 Å². The fraction of sp³-hybridized carbons (Fsp3) is 0.348. The van der Waals surface area contributed by atoms with E-state index >= 15 is 0 Å². The predicted molar refractivity (Wildman–Crippen MR) is 110 cm³/mol. The molecule has 2 aromatic carbocycles. The summed E-state index contributed by atoms with van der Waals surface area (Å²) in [5, 5.41) is 13.4. The van der Waals surface area contributed by atoms with E-state index in [1.165, 1.54) is 5.56 Å². The van der Waals surface area contributed by atoms with Gasteiger partial charge in [-0.2, -0.15) is 0 Å².